The van der Waals surface area contributed by atoms with Crippen molar-refractivity contribution in [2.24, 2.45) is 0 Å². The second-order valence-electron chi connectivity index (χ2n) is 10.6. The molecule has 35 heavy (non-hydrogen) atoms. The molecule has 8 nitrogen and oxygen atoms in total. The number of hydrogen-bond donors (Lipinski definition) is 1. The molecule has 1 N–H and O–H groups in total. The van der Waals surface area contributed by atoms with Crippen molar-refractivity contribution in [1.29, 1.82) is 0 Å². The Kier molecular flexibility index (Phi) is 7.27. The fraction of sp³-hybridized carbons (Fsp3) is 0.667. The van der Waals surface area contributed by atoms with Gasteiger partial charge in [-0.05, 0) is 89.6 Å². The van der Waals surface area contributed by atoms with Gasteiger partial charge in [-0.25, -0.2) is 0 Å². The van der Waals surface area contributed by atoms with Crippen molar-refractivity contribution in [3.63, 3.8) is 0 Å². The van der Waals surface area contributed by atoms with Crippen LogP contribution < -0.4 is 15.1 Å². The number of hydrogen-bond acceptors (Lipinski definition) is 5. The molecule has 0 saturated carbocycles. The Morgan fingerprint density at radius 3 is 2.46 bits per heavy atom. The predicted molar refractivity (Wildman–Crippen MR) is 137 cm³/mol. The average Bonchev–Trinajstić information content (AvgIpc) is 3.61. The summed E-state index contributed by atoms with van der Waals surface area (Å²) in [4.78, 5) is 47.7. The van der Waals surface area contributed by atoms with E-state index in [9.17, 15) is 14.4 Å². The van der Waals surface area contributed by atoms with Gasteiger partial charge in [0.05, 0.1) is 11.4 Å². The van der Waals surface area contributed by atoms with Crippen LogP contribution in [0.5, 0.6) is 0 Å². The zero-order chi connectivity index (χ0) is 24.4. The lowest BCUT2D eigenvalue weighted by Gasteiger charge is -2.45. The van der Waals surface area contributed by atoms with E-state index in [1.54, 1.807) is 4.90 Å². The topological polar surface area (TPSA) is 76.2 Å². The van der Waals surface area contributed by atoms with Gasteiger partial charge in [-0.15, -0.1) is 0 Å². The smallest absolute Gasteiger partial charge is 0.253 e. The van der Waals surface area contributed by atoms with Gasteiger partial charge in [0, 0.05) is 37.8 Å². The first-order chi connectivity index (χ1) is 17.0. The molecular weight excluding hydrogens is 442 g/mol. The van der Waals surface area contributed by atoms with Crippen LogP contribution in [0.2, 0.25) is 0 Å². The SMILES string of the molecule is C[C@H](CCNC(=O)CN1C(=O)[C@@H]2CCCCN2c2ccc(C(=O)N3CCCC3)cc21)N1CCCC1. The van der Waals surface area contributed by atoms with Crippen LogP contribution in [-0.2, 0) is 9.59 Å². The summed E-state index contributed by atoms with van der Waals surface area (Å²) in [6, 6.07) is 5.93. The molecule has 190 valence electrons. The predicted octanol–water partition coefficient (Wildman–Crippen LogP) is 2.62. The van der Waals surface area contributed by atoms with Gasteiger partial charge in [0.2, 0.25) is 11.8 Å². The molecule has 0 spiro atoms. The Morgan fingerprint density at radius 2 is 1.69 bits per heavy atom. The molecule has 0 bridgehead atoms. The second kappa shape index (κ2) is 10.6. The van der Waals surface area contributed by atoms with Crippen LogP contribution in [0, 0.1) is 0 Å². The highest BCUT2D eigenvalue weighted by atomic mass is 16.2. The van der Waals surface area contributed by atoms with Gasteiger partial charge in [0.1, 0.15) is 12.6 Å². The molecule has 2 atom stereocenters. The van der Waals surface area contributed by atoms with E-state index in [0.29, 0.717) is 23.8 Å². The largest absolute Gasteiger partial charge is 0.358 e. The highest BCUT2D eigenvalue weighted by Gasteiger charge is 2.40. The standard InChI is InChI=1S/C27H39N5O3/c1-20(29-13-4-5-14-29)11-12-28-25(33)19-32-24-18-21(26(34)30-15-6-7-16-30)9-10-22(24)31-17-3-2-8-23(31)27(32)35/h9-10,18,20,23H,2-8,11-17,19H2,1H3,(H,28,33)/t20-,23+/m1/s1. The molecule has 0 aromatic heterocycles. The van der Waals surface area contributed by atoms with E-state index in [1.165, 1.54) is 12.8 Å². The van der Waals surface area contributed by atoms with Crippen LogP contribution in [0.4, 0.5) is 11.4 Å². The monoisotopic (exact) mass is 481 g/mol. The molecule has 4 aliphatic rings. The van der Waals surface area contributed by atoms with E-state index in [4.69, 9.17) is 0 Å². The number of fused-ring (bicyclic) bond motifs is 3. The van der Waals surface area contributed by atoms with E-state index < -0.39 is 0 Å². The molecule has 1 aromatic rings. The Balaban J connectivity index is 1.31. The molecule has 3 fully saturated rings. The maximum atomic E-state index is 13.6. The zero-order valence-corrected chi connectivity index (χ0v) is 21.0. The lowest BCUT2D eigenvalue weighted by atomic mass is 9.95. The Bertz CT molecular complexity index is 954. The molecule has 0 unspecified atom stereocenters. The van der Waals surface area contributed by atoms with Crippen molar-refractivity contribution in [2.75, 3.05) is 55.6 Å². The third-order valence-electron chi connectivity index (χ3n) is 8.22. The van der Waals surface area contributed by atoms with Crippen molar-refractivity contribution >= 4 is 29.1 Å². The van der Waals surface area contributed by atoms with E-state index in [0.717, 1.165) is 76.9 Å². The maximum Gasteiger partial charge on any atom is 0.253 e. The van der Waals surface area contributed by atoms with Crippen molar-refractivity contribution in [3.8, 4) is 0 Å². The lowest BCUT2D eigenvalue weighted by molar-refractivity contribution is -0.125. The number of nitrogens with zero attached hydrogens (tertiary/aromatic N) is 4. The van der Waals surface area contributed by atoms with Crippen molar-refractivity contribution < 1.29 is 14.4 Å². The fourth-order valence-electron chi connectivity index (χ4n) is 6.14. The molecule has 8 heteroatoms. The Morgan fingerprint density at radius 1 is 0.971 bits per heavy atom. The third-order valence-corrected chi connectivity index (χ3v) is 8.22. The van der Waals surface area contributed by atoms with Crippen LogP contribution in [-0.4, -0.2) is 85.4 Å². The number of rotatable bonds is 7. The minimum atomic E-state index is -0.223. The van der Waals surface area contributed by atoms with Gasteiger partial charge >= 0.3 is 0 Å². The van der Waals surface area contributed by atoms with Gasteiger partial charge in [-0.2, -0.15) is 0 Å². The first-order valence-corrected chi connectivity index (χ1v) is 13.5. The fourth-order valence-corrected chi connectivity index (χ4v) is 6.14. The van der Waals surface area contributed by atoms with Crippen LogP contribution in [0.25, 0.3) is 0 Å². The van der Waals surface area contributed by atoms with Gasteiger partial charge in [0.15, 0.2) is 0 Å². The molecule has 0 aliphatic carbocycles. The first kappa shape index (κ1) is 24.1. The summed E-state index contributed by atoms with van der Waals surface area (Å²) in [5.41, 5.74) is 2.25. The first-order valence-electron chi connectivity index (χ1n) is 13.5. The van der Waals surface area contributed by atoms with Gasteiger partial charge in [0.25, 0.3) is 5.91 Å². The Hall–Kier alpha value is -2.61. The summed E-state index contributed by atoms with van der Waals surface area (Å²) in [7, 11) is 0. The molecule has 3 amide bonds. The summed E-state index contributed by atoms with van der Waals surface area (Å²) in [6.07, 6.45) is 8.36. The van der Waals surface area contributed by atoms with E-state index in [1.807, 2.05) is 23.1 Å². The zero-order valence-electron chi connectivity index (χ0n) is 21.0. The summed E-state index contributed by atoms with van der Waals surface area (Å²) < 4.78 is 0. The highest BCUT2D eigenvalue weighted by molar-refractivity contribution is 6.09. The minimum absolute atomic E-state index is 0.00434. The maximum absolute atomic E-state index is 13.6. The summed E-state index contributed by atoms with van der Waals surface area (Å²) in [6.45, 7) is 7.50. The average molecular weight is 482 g/mol. The van der Waals surface area contributed by atoms with Crippen LogP contribution in [0.1, 0.15) is 68.6 Å². The third kappa shape index (κ3) is 5.03. The molecule has 3 saturated heterocycles. The summed E-state index contributed by atoms with van der Waals surface area (Å²) in [5, 5.41) is 3.04. The summed E-state index contributed by atoms with van der Waals surface area (Å²) in [5.74, 6) is -0.152. The molecule has 0 radical (unpaired) electrons. The molecule has 4 heterocycles. The number of piperidine rings is 1. The molecular formula is C27H39N5O3. The van der Waals surface area contributed by atoms with Crippen molar-refractivity contribution in [1.82, 2.24) is 15.1 Å². The van der Waals surface area contributed by atoms with Gasteiger partial charge in [-0.3, -0.25) is 19.3 Å². The van der Waals surface area contributed by atoms with E-state index in [-0.39, 0.29) is 30.3 Å². The Labute approximate surface area is 208 Å². The minimum Gasteiger partial charge on any atom is -0.358 e. The summed E-state index contributed by atoms with van der Waals surface area (Å²) >= 11 is 0. The van der Waals surface area contributed by atoms with E-state index in [2.05, 4.69) is 22.0 Å². The number of nitrogens with one attached hydrogen (secondary N) is 1. The van der Waals surface area contributed by atoms with Gasteiger partial charge in [-0.1, -0.05) is 0 Å². The van der Waals surface area contributed by atoms with Crippen molar-refractivity contribution in [3.05, 3.63) is 23.8 Å². The van der Waals surface area contributed by atoms with Crippen molar-refractivity contribution in [2.45, 2.75) is 70.4 Å². The molecule has 5 rings (SSSR count). The van der Waals surface area contributed by atoms with Crippen LogP contribution in [0.3, 0.4) is 0 Å². The number of likely N-dealkylation sites (tertiary alicyclic amines) is 2. The van der Waals surface area contributed by atoms with E-state index >= 15 is 0 Å². The number of carbonyl (C=O) groups is 3. The highest BCUT2D eigenvalue weighted by Crippen LogP contribution is 2.40. The second-order valence-corrected chi connectivity index (χ2v) is 10.6. The number of anilines is 2. The number of benzene rings is 1. The van der Waals surface area contributed by atoms with Crippen LogP contribution in [0.15, 0.2) is 18.2 Å². The lowest BCUT2D eigenvalue weighted by Crippen LogP contribution is -2.57. The van der Waals surface area contributed by atoms with Gasteiger partial charge < -0.3 is 20.0 Å². The molecule has 1 aromatic carbocycles. The number of amides is 3. The molecule has 4 aliphatic heterocycles. The van der Waals surface area contributed by atoms with Crippen LogP contribution >= 0.6 is 0 Å². The normalized spacial score (nSPS) is 23.3. The quantitative estimate of drug-likeness (QED) is 0.648. The number of carbonyl (C=O) groups excluding carboxylic acids is 3.